The second kappa shape index (κ2) is 9.74. The Morgan fingerprint density at radius 2 is 1.89 bits per heavy atom. The maximum Gasteiger partial charge on any atom is 0.221 e. The van der Waals surface area contributed by atoms with Crippen LogP contribution in [0.4, 0.5) is 0 Å². The highest BCUT2D eigenvalue weighted by atomic mass is 35.5. The molecular weight excluding hydrogens is 252 g/mol. The van der Waals surface area contributed by atoms with E-state index in [-0.39, 0.29) is 18.3 Å². The van der Waals surface area contributed by atoms with Gasteiger partial charge < -0.3 is 15.4 Å². The molecule has 0 fully saturated rings. The first-order valence-electron chi connectivity index (χ1n) is 5.83. The highest BCUT2D eigenvalue weighted by Crippen LogP contribution is 2.10. The fourth-order valence-electron chi connectivity index (χ4n) is 1.32. The minimum Gasteiger partial charge on any atom is -0.492 e. The Balaban J connectivity index is 0.00000289. The minimum absolute atomic E-state index is 0. The van der Waals surface area contributed by atoms with Gasteiger partial charge in [-0.15, -0.1) is 12.4 Å². The number of carbonyl (C=O) groups excluding carboxylic acids is 1. The molecule has 1 aromatic carbocycles. The van der Waals surface area contributed by atoms with Crippen LogP contribution in [0.15, 0.2) is 24.3 Å². The Labute approximate surface area is 115 Å². The molecule has 0 aliphatic carbocycles. The smallest absolute Gasteiger partial charge is 0.221 e. The van der Waals surface area contributed by atoms with Crippen LogP contribution in [-0.2, 0) is 4.79 Å². The van der Waals surface area contributed by atoms with Gasteiger partial charge in [0.15, 0.2) is 0 Å². The molecule has 0 unspecified atom stereocenters. The van der Waals surface area contributed by atoms with Crippen molar-refractivity contribution in [2.45, 2.75) is 13.3 Å². The van der Waals surface area contributed by atoms with Gasteiger partial charge in [0.2, 0.25) is 5.91 Å². The number of aryl methyl sites for hydroxylation is 1. The fourth-order valence-corrected chi connectivity index (χ4v) is 1.32. The van der Waals surface area contributed by atoms with Crippen LogP contribution in [-0.4, -0.2) is 32.7 Å². The predicted octanol–water partition coefficient (Wildman–Crippen LogP) is 1.52. The van der Waals surface area contributed by atoms with E-state index in [4.69, 9.17) is 4.74 Å². The van der Waals surface area contributed by atoms with Gasteiger partial charge in [-0.1, -0.05) is 17.7 Å². The summed E-state index contributed by atoms with van der Waals surface area (Å²) < 4.78 is 5.49. The first-order valence-corrected chi connectivity index (χ1v) is 5.83. The molecule has 102 valence electrons. The number of hydrogen-bond acceptors (Lipinski definition) is 3. The molecule has 1 rings (SSSR count). The molecule has 18 heavy (non-hydrogen) atoms. The van der Waals surface area contributed by atoms with E-state index in [0.717, 1.165) is 5.75 Å². The Kier molecular flexibility index (Phi) is 9.06. The normalized spacial score (nSPS) is 9.44. The van der Waals surface area contributed by atoms with Crippen LogP contribution >= 0.6 is 12.4 Å². The standard InChI is InChI=1S/C13H20N2O2.ClH/c1-11-3-5-12(6-4-11)17-10-9-15-13(16)7-8-14-2;/h3-6,14H,7-10H2,1-2H3,(H,15,16);1H. The van der Waals surface area contributed by atoms with Crippen molar-refractivity contribution in [1.29, 1.82) is 0 Å². The second-order valence-electron chi connectivity index (χ2n) is 3.87. The van der Waals surface area contributed by atoms with Crippen LogP contribution < -0.4 is 15.4 Å². The van der Waals surface area contributed by atoms with E-state index in [2.05, 4.69) is 10.6 Å². The molecule has 2 N–H and O–H groups in total. The van der Waals surface area contributed by atoms with Crippen molar-refractivity contribution >= 4 is 18.3 Å². The van der Waals surface area contributed by atoms with E-state index >= 15 is 0 Å². The third-order valence-electron chi connectivity index (χ3n) is 2.32. The highest BCUT2D eigenvalue weighted by Gasteiger charge is 1.99. The summed E-state index contributed by atoms with van der Waals surface area (Å²) in [5.74, 6) is 0.881. The lowest BCUT2D eigenvalue weighted by atomic mass is 10.2. The number of halogens is 1. The number of rotatable bonds is 7. The number of hydrogen-bond donors (Lipinski definition) is 2. The van der Waals surface area contributed by atoms with Gasteiger partial charge >= 0.3 is 0 Å². The summed E-state index contributed by atoms with van der Waals surface area (Å²) in [6.45, 7) is 3.77. The molecular formula is C13H21ClN2O2. The SMILES string of the molecule is CNCCC(=O)NCCOc1ccc(C)cc1.Cl. The van der Waals surface area contributed by atoms with E-state index in [1.165, 1.54) is 5.56 Å². The van der Waals surface area contributed by atoms with Crippen molar-refractivity contribution in [3.05, 3.63) is 29.8 Å². The lowest BCUT2D eigenvalue weighted by Gasteiger charge is -2.07. The molecule has 0 atom stereocenters. The molecule has 0 radical (unpaired) electrons. The van der Waals surface area contributed by atoms with Crippen molar-refractivity contribution in [1.82, 2.24) is 10.6 Å². The summed E-state index contributed by atoms with van der Waals surface area (Å²) in [6.07, 6.45) is 0.501. The van der Waals surface area contributed by atoms with Crippen LogP contribution in [0.3, 0.4) is 0 Å². The third kappa shape index (κ3) is 7.14. The molecule has 0 heterocycles. The monoisotopic (exact) mass is 272 g/mol. The van der Waals surface area contributed by atoms with Gasteiger partial charge in [0.05, 0.1) is 6.54 Å². The number of ether oxygens (including phenoxy) is 1. The second-order valence-corrected chi connectivity index (χ2v) is 3.87. The van der Waals surface area contributed by atoms with Crippen molar-refractivity contribution in [3.63, 3.8) is 0 Å². The Morgan fingerprint density at radius 1 is 1.22 bits per heavy atom. The van der Waals surface area contributed by atoms with Gasteiger partial charge in [-0.05, 0) is 26.1 Å². The van der Waals surface area contributed by atoms with Crippen LogP contribution in [0.25, 0.3) is 0 Å². The van der Waals surface area contributed by atoms with Gasteiger partial charge in [0.25, 0.3) is 0 Å². The van der Waals surface area contributed by atoms with E-state index < -0.39 is 0 Å². The Morgan fingerprint density at radius 3 is 2.50 bits per heavy atom. The summed E-state index contributed by atoms with van der Waals surface area (Å²) in [5.41, 5.74) is 1.21. The molecule has 0 saturated carbocycles. The van der Waals surface area contributed by atoms with Gasteiger partial charge in [-0.25, -0.2) is 0 Å². The van der Waals surface area contributed by atoms with Gasteiger partial charge in [-0.2, -0.15) is 0 Å². The molecule has 4 nitrogen and oxygen atoms in total. The Hall–Kier alpha value is -1.26. The molecule has 1 amide bonds. The number of carbonyl (C=O) groups is 1. The van der Waals surface area contributed by atoms with Crippen LogP contribution in [0, 0.1) is 6.92 Å². The van der Waals surface area contributed by atoms with Crippen LogP contribution in [0.2, 0.25) is 0 Å². The zero-order valence-electron chi connectivity index (χ0n) is 10.9. The van der Waals surface area contributed by atoms with Crippen molar-refractivity contribution < 1.29 is 9.53 Å². The van der Waals surface area contributed by atoms with E-state index in [1.807, 2.05) is 38.2 Å². The van der Waals surface area contributed by atoms with Crippen molar-refractivity contribution in [2.75, 3.05) is 26.7 Å². The van der Waals surface area contributed by atoms with Crippen molar-refractivity contribution in [2.24, 2.45) is 0 Å². The van der Waals surface area contributed by atoms with E-state index in [9.17, 15) is 4.79 Å². The fraction of sp³-hybridized carbons (Fsp3) is 0.462. The molecule has 0 aliphatic heterocycles. The van der Waals surface area contributed by atoms with Gasteiger partial charge in [0.1, 0.15) is 12.4 Å². The first-order chi connectivity index (χ1) is 8.22. The van der Waals surface area contributed by atoms with Crippen molar-refractivity contribution in [3.8, 4) is 5.75 Å². The first kappa shape index (κ1) is 16.7. The van der Waals surface area contributed by atoms with Crippen LogP contribution in [0.1, 0.15) is 12.0 Å². The molecule has 0 aliphatic rings. The van der Waals surface area contributed by atoms with E-state index in [0.29, 0.717) is 26.1 Å². The summed E-state index contributed by atoms with van der Waals surface area (Å²) in [5, 5.41) is 5.72. The number of nitrogens with one attached hydrogen (secondary N) is 2. The summed E-state index contributed by atoms with van der Waals surface area (Å²) >= 11 is 0. The van der Waals surface area contributed by atoms with E-state index in [1.54, 1.807) is 0 Å². The summed E-state index contributed by atoms with van der Waals surface area (Å²) in [4.78, 5) is 11.3. The zero-order chi connectivity index (χ0) is 12.5. The molecule has 0 aromatic heterocycles. The maximum atomic E-state index is 11.3. The summed E-state index contributed by atoms with van der Waals surface area (Å²) in [6, 6.07) is 7.86. The molecule has 0 saturated heterocycles. The lowest BCUT2D eigenvalue weighted by molar-refractivity contribution is -0.121. The van der Waals surface area contributed by atoms with Gasteiger partial charge in [-0.3, -0.25) is 4.79 Å². The summed E-state index contributed by atoms with van der Waals surface area (Å²) in [7, 11) is 1.83. The highest BCUT2D eigenvalue weighted by molar-refractivity contribution is 5.85. The average molecular weight is 273 g/mol. The minimum atomic E-state index is 0. The van der Waals surface area contributed by atoms with Gasteiger partial charge in [0, 0.05) is 13.0 Å². The lowest BCUT2D eigenvalue weighted by Crippen LogP contribution is -2.30. The predicted molar refractivity (Wildman–Crippen MR) is 75.5 cm³/mol. The maximum absolute atomic E-state index is 11.3. The number of amides is 1. The quantitative estimate of drug-likeness (QED) is 0.740. The average Bonchev–Trinajstić information content (AvgIpc) is 2.34. The largest absolute Gasteiger partial charge is 0.492 e. The Bertz CT molecular complexity index is 341. The third-order valence-corrected chi connectivity index (χ3v) is 2.32. The van der Waals surface area contributed by atoms with Crippen LogP contribution in [0.5, 0.6) is 5.75 Å². The molecule has 1 aromatic rings. The molecule has 0 spiro atoms. The molecule has 0 bridgehead atoms. The topological polar surface area (TPSA) is 50.4 Å². The zero-order valence-corrected chi connectivity index (χ0v) is 11.7. The molecule has 5 heteroatoms. The number of benzene rings is 1.